The number of H-pyrrole nitrogens is 1. The fourth-order valence-electron chi connectivity index (χ4n) is 2.66. The molecule has 3 aromatic heterocycles. The minimum Gasteiger partial charge on any atom is -0.381 e. The number of hydrogen-bond acceptors (Lipinski definition) is 6. The normalized spacial score (nSPS) is 10.7. The van der Waals surface area contributed by atoms with Crippen molar-refractivity contribution in [2.24, 2.45) is 0 Å². The number of aromatic amines is 1. The second kappa shape index (κ2) is 5.58. The van der Waals surface area contributed by atoms with Crippen LogP contribution in [0.4, 0.5) is 5.82 Å². The van der Waals surface area contributed by atoms with Crippen LogP contribution in [0.5, 0.6) is 0 Å². The fraction of sp³-hybridized carbons (Fsp3) is 0. The molecule has 8 heteroatoms. The molecule has 3 heterocycles. The molecule has 120 valence electrons. The zero-order valence-electron chi connectivity index (χ0n) is 12.8. The van der Waals surface area contributed by atoms with Crippen molar-refractivity contribution in [3.8, 4) is 28.6 Å². The Morgan fingerprint density at radius 3 is 2.84 bits per heavy atom. The molecule has 1 aromatic carbocycles. The smallest absolute Gasteiger partial charge is 0.247 e. The average Bonchev–Trinajstić information content (AvgIpc) is 3.13. The summed E-state index contributed by atoms with van der Waals surface area (Å²) in [5.74, 6) is 0.225. The number of fused-ring (bicyclic) bond motifs is 1. The lowest BCUT2D eigenvalue weighted by molar-refractivity contribution is 0.958. The van der Waals surface area contributed by atoms with E-state index in [0.29, 0.717) is 33.7 Å². The van der Waals surface area contributed by atoms with Crippen LogP contribution in [0.3, 0.4) is 0 Å². The Balaban J connectivity index is 2.09. The van der Waals surface area contributed by atoms with Gasteiger partial charge in [-0.15, -0.1) is 0 Å². The monoisotopic (exact) mass is 329 g/mol. The molecule has 3 N–H and O–H groups in total. The van der Waals surface area contributed by atoms with Crippen LogP contribution in [0, 0.1) is 11.3 Å². The van der Waals surface area contributed by atoms with Crippen LogP contribution < -0.4 is 11.3 Å². The maximum Gasteiger partial charge on any atom is 0.247 e. The van der Waals surface area contributed by atoms with Gasteiger partial charge in [0.05, 0.1) is 17.3 Å². The van der Waals surface area contributed by atoms with E-state index in [-0.39, 0.29) is 11.4 Å². The van der Waals surface area contributed by atoms with E-state index in [4.69, 9.17) is 11.0 Å². The highest BCUT2D eigenvalue weighted by atomic mass is 16.1. The number of nitrogens with one attached hydrogen (secondary N) is 1. The topological polar surface area (TPSA) is 126 Å². The molecular weight excluding hydrogens is 318 g/mol. The summed E-state index contributed by atoms with van der Waals surface area (Å²) in [6.07, 6.45) is 2.96. The number of nitriles is 1. The van der Waals surface area contributed by atoms with Crippen LogP contribution in [0.2, 0.25) is 0 Å². The van der Waals surface area contributed by atoms with Crippen LogP contribution >= 0.6 is 0 Å². The lowest BCUT2D eigenvalue weighted by atomic mass is 10.0. The van der Waals surface area contributed by atoms with Crippen molar-refractivity contribution >= 4 is 11.5 Å². The van der Waals surface area contributed by atoms with Crippen LogP contribution in [0.1, 0.15) is 5.56 Å². The molecule has 0 saturated carbocycles. The van der Waals surface area contributed by atoms with Crippen molar-refractivity contribution in [2.75, 3.05) is 5.73 Å². The Morgan fingerprint density at radius 1 is 1.20 bits per heavy atom. The van der Waals surface area contributed by atoms with Gasteiger partial charge >= 0.3 is 0 Å². The third-order valence-corrected chi connectivity index (χ3v) is 3.77. The first kappa shape index (κ1) is 14.6. The molecule has 0 aliphatic rings. The van der Waals surface area contributed by atoms with Gasteiger partial charge in [0.25, 0.3) is 0 Å². The van der Waals surface area contributed by atoms with E-state index in [2.05, 4.69) is 26.1 Å². The number of rotatable bonds is 2. The zero-order chi connectivity index (χ0) is 17.4. The van der Waals surface area contributed by atoms with Gasteiger partial charge in [-0.05, 0) is 18.2 Å². The molecule has 0 aliphatic heterocycles. The van der Waals surface area contributed by atoms with E-state index in [1.807, 2.05) is 6.07 Å². The van der Waals surface area contributed by atoms with Gasteiger partial charge in [-0.25, -0.2) is 14.5 Å². The average molecular weight is 329 g/mol. The highest BCUT2D eigenvalue weighted by Crippen LogP contribution is 2.32. The Hall–Kier alpha value is -3.99. The van der Waals surface area contributed by atoms with Crippen molar-refractivity contribution in [3.63, 3.8) is 0 Å². The standard InChI is InChI=1S/C17H11N7O/c18-7-10-2-1-3-11(6-10)14-15(12-4-5-13(25)20-8-12)24-17(16(19)23-14)21-9-22-24/h1-6,8-9H,(H2,19,23)(H,20,25). The zero-order valence-corrected chi connectivity index (χ0v) is 12.8. The Labute approximate surface area is 141 Å². The summed E-state index contributed by atoms with van der Waals surface area (Å²) < 4.78 is 1.57. The number of hydrogen-bond donors (Lipinski definition) is 2. The summed E-state index contributed by atoms with van der Waals surface area (Å²) in [5, 5.41) is 13.4. The molecule has 0 radical (unpaired) electrons. The number of pyridine rings is 1. The minimum absolute atomic E-state index is 0.213. The Bertz CT molecular complexity index is 1180. The summed E-state index contributed by atoms with van der Waals surface area (Å²) in [6, 6.07) is 12.2. The molecule has 0 spiro atoms. The first-order valence-corrected chi connectivity index (χ1v) is 7.36. The minimum atomic E-state index is -0.213. The summed E-state index contributed by atoms with van der Waals surface area (Å²) in [4.78, 5) is 22.6. The van der Waals surface area contributed by atoms with Gasteiger partial charge in [-0.2, -0.15) is 10.4 Å². The molecule has 25 heavy (non-hydrogen) atoms. The number of nitrogens with zero attached hydrogens (tertiary/aromatic N) is 5. The lowest BCUT2D eigenvalue weighted by Crippen LogP contribution is -2.07. The maximum atomic E-state index is 11.4. The number of aromatic nitrogens is 5. The number of benzene rings is 1. The molecule has 4 aromatic rings. The molecule has 0 atom stereocenters. The predicted octanol–water partition coefficient (Wildman–Crippen LogP) is 1.60. The van der Waals surface area contributed by atoms with Crippen molar-refractivity contribution in [1.82, 2.24) is 24.6 Å². The van der Waals surface area contributed by atoms with Gasteiger partial charge in [0, 0.05) is 23.4 Å². The molecule has 0 saturated heterocycles. The molecule has 8 nitrogen and oxygen atoms in total. The highest BCUT2D eigenvalue weighted by Gasteiger charge is 2.18. The van der Waals surface area contributed by atoms with Gasteiger partial charge in [0.15, 0.2) is 11.5 Å². The predicted molar refractivity (Wildman–Crippen MR) is 91.4 cm³/mol. The molecular formula is C17H11N7O. The lowest BCUT2D eigenvalue weighted by Gasteiger charge is -2.12. The molecule has 0 amide bonds. The number of anilines is 1. The molecule has 0 bridgehead atoms. The number of nitrogen functional groups attached to an aromatic ring is 1. The summed E-state index contributed by atoms with van der Waals surface area (Å²) in [5.41, 5.74) is 9.30. The van der Waals surface area contributed by atoms with Crippen LogP contribution in [0.25, 0.3) is 28.2 Å². The third kappa shape index (κ3) is 2.40. The SMILES string of the molecule is N#Cc1cccc(-c2nc(N)c3ncnn3c2-c2ccc(=O)[nH]c2)c1. The molecule has 0 fully saturated rings. The van der Waals surface area contributed by atoms with Crippen LogP contribution in [-0.2, 0) is 0 Å². The Kier molecular flexibility index (Phi) is 3.26. The van der Waals surface area contributed by atoms with Gasteiger partial charge in [-0.3, -0.25) is 4.79 Å². The summed E-state index contributed by atoms with van der Waals surface area (Å²) in [7, 11) is 0. The Morgan fingerprint density at radius 2 is 2.08 bits per heavy atom. The molecule has 0 aliphatic carbocycles. The second-order valence-corrected chi connectivity index (χ2v) is 5.32. The first-order valence-electron chi connectivity index (χ1n) is 7.36. The van der Waals surface area contributed by atoms with E-state index < -0.39 is 0 Å². The van der Waals surface area contributed by atoms with E-state index in [1.54, 1.807) is 35.0 Å². The van der Waals surface area contributed by atoms with Crippen LogP contribution in [0.15, 0.2) is 53.7 Å². The van der Waals surface area contributed by atoms with Crippen molar-refractivity contribution in [3.05, 3.63) is 64.8 Å². The number of nitrogens with two attached hydrogens (primary N) is 1. The van der Waals surface area contributed by atoms with Gasteiger partial charge in [-0.1, -0.05) is 12.1 Å². The van der Waals surface area contributed by atoms with Crippen molar-refractivity contribution < 1.29 is 0 Å². The molecule has 0 unspecified atom stereocenters. The van der Waals surface area contributed by atoms with E-state index >= 15 is 0 Å². The highest BCUT2D eigenvalue weighted by molar-refractivity contribution is 5.82. The second-order valence-electron chi connectivity index (χ2n) is 5.32. The largest absolute Gasteiger partial charge is 0.381 e. The first-order chi connectivity index (χ1) is 12.2. The van der Waals surface area contributed by atoms with E-state index in [1.165, 1.54) is 12.4 Å². The summed E-state index contributed by atoms with van der Waals surface area (Å²) >= 11 is 0. The van der Waals surface area contributed by atoms with E-state index in [9.17, 15) is 4.79 Å². The van der Waals surface area contributed by atoms with E-state index in [0.717, 1.165) is 0 Å². The summed E-state index contributed by atoms with van der Waals surface area (Å²) in [6.45, 7) is 0. The fourth-order valence-corrected chi connectivity index (χ4v) is 2.66. The van der Waals surface area contributed by atoms with Gasteiger partial charge in [0.1, 0.15) is 12.0 Å². The van der Waals surface area contributed by atoms with Crippen molar-refractivity contribution in [2.45, 2.75) is 0 Å². The van der Waals surface area contributed by atoms with Crippen LogP contribution in [-0.4, -0.2) is 24.6 Å². The van der Waals surface area contributed by atoms with Crippen molar-refractivity contribution in [1.29, 1.82) is 5.26 Å². The third-order valence-electron chi connectivity index (χ3n) is 3.77. The molecule has 4 rings (SSSR count). The maximum absolute atomic E-state index is 11.4. The van der Waals surface area contributed by atoms with Gasteiger partial charge < -0.3 is 10.7 Å². The quantitative estimate of drug-likeness (QED) is 0.575. The van der Waals surface area contributed by atoms with Gasteiger partial charge in [0.2, 0.25) is 5.56 Å².